The third-order valence-electron chi connectivity index (χ3n) is 4.94. The Labute approximate surface area is 142 Å². The van der Waals surface area contributed by atoms with Gasteiger partial charge in [-0.25, -0.2) is 0 Å². The molecule has 0 saturated carbocycles. The van der Waals surface area contributed by atoms with Gasteiger partial charge < -0.3 is 4.90 Å². The molecule has 0 N–H and O–H groups in total. The average Bonchev–Trinajstić information content (AvgIpc) is 2.46. The van der Waals surface area contributed by atoms with Crippen molar-refractivity contribution in [3.63, 3.8) is 0 Å². The zero-order chi connectivity index (χ0) is 16.6. The average molecular weight is 312 g/mol. The molecule has 0 aromatic rings. The van der Waals surface area contributed by atoms with Gasteiger partial charge in [0.2, 0.25) is 0 Å². The third kappa shape index (κ3) is 14.9. The van der Waals surface area contributed by atoms with Crippen molar-refractivity contribution in [2.45, 2.75) is 117 Å². The summed E-state index contributed by atoms with van der Waals surface area (Å²) in [4.78, 5) is 2.46. The van der Waals surface area contributed by atoms with E-state index < -0.39 is 0 Å². The normalized spacial score (nSPS) is 13.2. The van der Waals surface area contributed by atoms with Crippen LogP contribution in [0.25, 0.3) is 0 Å². The Morgan fingerprint density at radius 1 is 0.591 bits per heavy atom. The SMILES string of the molecule is CCCCCCCCCCC(CCCCCC(C)C)N(C)C. The van der Waals surface area contributed by atoms with Gasteiger partial charge in [-0.1, -0.05) is 97.8 Å². The Morgan fingerprint density at radius 2 is 1.00 bits per heavy atom. The minimum Gasteiger partial charge on any atom is -0.306 e. The van der Waals surface area contributed by atoms with Crippen LogP contribution in [-0.2, 0) is 0 Å². The fourth-order valence-corrected chi connectivity index (χ4v) is 3.28. The lowest BCUT2D eigenvalue weighted by atomic mass is 9.98. The van der Waals surface area contributed by atoms with Crippen molar-refractivity contribution >= 4 is 0 Å². The molecule has 0 spiro atoms. The van der Waals surface area contributed by atoms with Gasteiger partial charge in [-0.05, 0) is 32.9 Å². The highest BCUT2D eigenvalue weighted by Crippen LogP contribution is 2.17. The van der Waals surface area contributed by atoms with Crippen molar-refractivity contribution in [3.8, 4) is 0 Å². The molecule has 1 heteroatoms. The lowest BCUT2D eigenvalue weighted by molar-refractivity contribution is 0.251. The number of hydrogen-bond acceptors (Lipinski definition) is 1. The molecule has 0 aromatic heterocycles. The highest BCUT2D eigenvalue weighted by molar-refractivity contribution is 4.67. The molecule has 0 aromatic carbocycles. The fraction of sp³-hybridized carbons (Fsp3) is 1.00. The topological polar surface area (TPSA) is 3.24 Å². The minimum absolute atomic E-state index is 0.819. The summed E-state index contributed by atoms with van der Waals surface area (Å²) in [6, 6.07) is 0.819. The second-order valence-electron chi connectivity index (χ2n) is 7.91. The molecule has 0 rings (SSSR count). The maximum atomic E-state index is 2.46. The van der Waals surface area contributed by atoms with Crippen LogP contribution >= 0.6 is 0 Å². The van der Waals surface area contributed by atoms with Crippen molar-refractivity contribution in [3.05, 3.63) is 0 Å². The van der Waals surface area contributed by atoms with Crippen LogP contribution in [0.4, 0.5) is 0 Å². The lowest BCUT2D eigenvalue weighted by Gasteiger charge is -2.24. The van der Waals surface area contributed by atoms with Gasteiger partial charge in [-0.15, -0.1) is 0 Å². The van der Waals surface area contributed by atoms with Crippen molar-refractivity contribution in [1.82, 2.24) is 4.90 Å². The van der Waals surface area contributed by atoms with Crippen molar-refractivity contribution in [2.24, 2.45) is 5.92 Å². The molecular formula is C21H45N. The summed E-state index contributed by atoms with van der Waals surface area (Å²) in [5, 5.41) is 0. The molecular weight excluding hydrogens is 266 g/mol. The zero-order valence-electron chi connectivity index (χ0n) is 16.5. The molecule has 0 aliphatic heterocycles. The predicted molar refractivity (Wildman–Crippen MR) is 103 cm³/mol. The van der Waals surface area contributed by atoms with Crippen molar-refractivity contribution in [2.75, 3.05) is 14.1 Å². The summed E-state index contributed by atoms with van der Waals surface area (Å²) < 4.78 is 0. The summed E-state index contributed by atoms with van der Waals surface area (Å²) in [6.07, 6.45) is 20.0. The summed E-state index contributed by atoms with van der Waals surface area (Å²) in [5.41, 5.74) is 0. The van der Waals surface area contributed by atoms with Crippen LogP contribution in [0.3, 0.4) is 0 Å². The molecule has 1 atom stereocenters. The number of nitrogens with zero attached hydrogens (tertiary/aromatic N) is 1. The quantitative estimate of drug-likeness (QED) is 0.276. The molecule has 1 unspecified atom stereocenters. The summed E-state index contributed by atoms with van der Waals surface area (Å²) in [7, 11) is 4.53. The molecule has 22 heavy (non-hydrogen) atoms. The fourth-order valence-electron chi connectivity index (χ4n) is 3.28. The van der Waals surface area contributed by atoms with E-state index in [1.165, 1.54) is 89.9 Å². The van der Waals surface area contributed by atoms with Gasteiger partial charge in [-0.3, -0.25) is 0 Å². The third-order valence-corrected chi connectivity index (χ3v) is 4.94. The minimum atomic E-state index is 0.819. The Kier molecular flexibility index (Phi) is 15.8. The number of hydrogen-bond donors (Lipinski definition) is 0. The van der Waals surface area contributed by atoms with Crippen LogP contribution in [0.15, 0.2) is 0 Å². The number of unbranched alkanes of at least 4 members (excludes halogenated alkanes) is 9. The molecule has 0 amide bonds. The maximum Gasteiger partial charge on any atom is 0.00891 e. The van der Waals surface area contributed by atoms with Crippen LogP contribution in [0.5, 0.6) is 0 Å². The summed E-state index contributed by atoms with van der Waals surface area (Å²) in [5.74, 6) is 0.877. The standard InChI is InChI=1S/C21H45N/c1-6-7-8-9-10-11-12-15-18-21(22(4)5)19-16-13-14-17-20(2)3/h20-21H,6-19H2,1-5H3. The predicted octanol–water partition coefficient (Wildman–Crippen LogP) is 7.05. The van der Waals surface area contributed by atoms with Gasteiger partial charge in [0.1, 0.15) is 0 Å². The first kappa shape index (κ1) is 22.0. The Morgan fingerprint density at radius 3 is 1.45 bits per heavy atom. The summed E-state index contributed by atoms with van der Waals surface area (Å²) in [6.45, 7) is 6.97. The van der Waals surface area contributed by atoms with Crippen LogP contribution in [0.2, 0.25) is 0 Å². The molecule has 0 bridgehead atoms. The Bertz CT molecular complexity index is 210. The zero-order valence-corrected chi connectivity index (χ0v) is 16.5. The van der Waals surface area contributed by atoms with E-state index in [2.05, 4.69) is 39.8 Å². The van der Waals surface area contributed by atoms with E-state index in [0.717, 1.165) is 12.0 Å². The lowest BCUT2D eigenvalue weighted by Crippen LogP contribution is -2.27. The summed E-state index contributed by atoms with van der Waals surface area (Å²) >= 11 is 0. The Balaban J connectivity index is 3.52. The largest absolute Gasteiger partial charge is 0.306 e. The number of rotatable bonds is 16. The smallest absolute Gasteiger partial charge is 0.00891 e. The second kappa shape index (κ2) is 15.8. The first-order valence-electron chi connectivity index (χ1n) is 10.2. The van der Waals surface area contributed by atoms with Gasteiger partial charge in [0.25, 0.3) is 0 Å². The molecule has 0 heterocycles. The highest BCUT2D eigenvalue weighted by Gasteiger charge is 2.10. The first-order chi connectivity index (χ1) is 10.6. The van der Waals surface area contributed by atoms with Gasteiger partial charge in [0.05, 0.1) is 0 Å². The van der Waals surface area contributed by atoms with Gasteiger partial charge >= 0.3 is 0 Å². The highest BCUT2D eigenvalue weighted by atomic mass is 15.1. The van der Waals surface area contributed by atoms with Gasteiger partial charge in [0.15, 0.2) is 0 Å². The van der Waals surface area contributed by atoms with Crippen LogP contribution in [-0.4, -0.2) is 25.0 Å². The van der Waals surface area contributed by atoms with Crippen molar-refractivity contribution < 1.29 is 0 Å². The molecule has 0 saturated heterocycles. The van der Waals surface area contributed by atoms with Crippen LogP contribution in [0, 0.1) is 5.92 Å². The van der Waals surface area contributed by atoms with E-state index in [9.17, 15) is 0 Å². The molecule has 0 radical (unpaired) electrons. The second-order valence-corrected chi connectivity index (χ2v) is 7.91. The first-order valence-corrected chi connectivity index (χ1v) is 10.2. The van der Waals surface area contributed by atoms with E-state index in [0.29, 0.717) is 0 Å². The maximum absolute atomic E-state index is 2.46. The van der Waals surface area contributed by atoms with E-state index in [1.807, 2.05) is 0 Å². The van der Waals surface area contributed by atoms with E-state index in [4.69, 9.17) is 0 Å². The van der Waals surface area contributed by atoms with E-state index >= 15 is 0 Å². The van der Waals surface area contributed by atoms with Gasteiger partial charge in [0, 0.05) is 6.04 Å². The molecule has 0 aliphatic carbocycles. The van der Waals surface area contributed by atoms with Crippen LogP contribution < -0.4 is 0 Å². The van der Waals surface area contributed by atoms with E-state index in [1.54, 1.807) is 0 Å². The van der Waals surface area contributed by atoms with Crippen LogP contribution in [0.1, 0.15) is 111 Å². The molecule has 1 nitrogen and oxygen atoms in total. The molecule has 0 fully saturated rings. The Hall–Kier alpha value is -0.0400. The monoisotopic (exact) mass is 311 g/mol. The molecule has 134 valence electrons. The van der Waals surface area contributed by atoms with Crippen molar-refractivity contribution in [1.29, 1.82) is 0 Å². The van der Waals surface area contributed by atoms with Gasteiger partial charge in [-0.2, -0.15) is 0 Å². The van der Waals surface area contributed by atoms with E-state index in [-0.39, 0.29) is 0 Å². The molecule has 0 aliphatic rings.